The molecule has 0 aliphatic heterocycles. The number of hydrogen-bond acceptors (Lipinski definition) is 5. The first kappa shape index (κ1) is 17.8. The Morgan fingerprint density at radius 2 is 1.93 bits per heavy atom. The Bertz CT molecular complexity index is 1190. The summed E-state index contributed by atoms with van der Waals surface area (Å²) >= 11 is 0. The van der Waals surface area contributed by atoms with E-state index in [-0.39, 0.29) is 11.5 Å². The van der Waals surface area contributed by atoms with Crippen molar-refractivity contribution >= 4 is 28.3 Å². The molecule has 0 aliphatic rings. The summed E-state index contributed by atoms with van der Waals surface area (Å²) in [6.45, 7) is 4.41. The minimum absolute atomic E-state index is 0.0886. The fourth-order valence-corrected chi connectivity index (χ4v) is 3.11. The number of carbonyl (C=O) groups is 1. The summed E-state index contributed by atoms with van der Waals surface area (Å²) in [5.74, 6) is 0.642. The third kappa shape index (κ3) is 3.11. The van der Waals surface area contributed by atoms with Crippen molar-refractivity contribution in [1.29, 1.82) is 0 Å². The molecule has 0 saturated carbocycles. The van der Waals surface area contributed by atoms with Gasteiger partial charge in [-0.1, -0.05) is 0 Å². The second-order valence-corrected chi connectivity index (χ2v) is 6.17. The molecule has 0 fully saturated rings. The van der Waals surface area contributed by atoms with Crippen LogP contribution in [0.25, 0.3) is 21.8 Å². The van der Waals surface area contributed by atoms with Gasteiger partial charge in [0.1, 0.15) is 5.75 Å². The number of benzene rings is 2. The van der Waals surface area contributed by atoms with Gasteiger partial charge in [-0.25, -0.2) is 4.39 Å². The molecule has 2 aromatic carbocycles. The number of aromatic nitrogens is 2. The molecule has 0 amide bonds. The lowest BCUT2D eigenvalue weighted by molar-refractivity contribution is -0.120. The van der Waals surface area contributed by atoms with E-state index in [9.17, 15) is 9.18 Å². The van der Waals surface area contributed by atoms with E-state index in [4.69, 9.17) is 14.2 Å². The number of nitrogens with one attached hydrogen (secondary N) is 1. The first-order valence-corrected chi connectivity index (χ1v) is 8.72. The van der Waals surface area contributed by atoms with Gasteiger partial charge in [-0.2, -0.15) is 0 Å². The molecule has 1 N–H and O–H groups in total. The zero-order chi connectivity index (χ0) is 19.7. The zero-order valence-electron chi connectivity index (χ0n) is 15.3. The van der Waals surface area contributed by atoms with Gasteiger partial charge in [-0.3, -0.25) is 9.78 Å². The van der Waals surface area contributed by atoms with Crippen molar-refractivity contribution in [1.82, 2.24) is 9.97 Å². The maximum atomic E-state index is 14.9. The fourth-order valence-electron chi connectivity index (χ4n) is 3.11. The molecule has 0 atom stereocenters. The zero-order valence-corrected chi connectivity index (χ0v) is 15.3. The van der Waals surface area contributed by atoms with Crippen LogP contribution in [0.15, 0.2) is 42.6 Å². The molecule has 0 bridgehead atoms. The molecule has 0 radical (unpaired) electrons. The van der Waals surface area contributed by atoms with Crippen LogP contribution in [0.4, 0.5) is 4.39 Å². The second-order valence-electron chi connectivity index (χ2n) is 6.17. The molecule has 142 valence electrons. The van der Waals surface area contributed by atoms with Gasteiger partial charge in [0.2, 0.25) is 0 Å². The van der Waals surface area contributed by atoms with Crippen molar-refractivity contribution in [2.75, 3.05) is 6.61 Å². The number of rotatable bonds is 6. The van der Waals surface area contributed by atoms with E-state index in [0.717, 1.165) is 5.69 Å². The lowest BCUT2D eigenvalue weighted by atomic mass is 10.1. The van der Waals surface area contributed by atoms with Gasteiger partial charge in [0.05, 0.1) is 12.1 Å². The molecule has 6 nitrogen and oxygen atoms in total. The quantitative estimate of drug-likeness (QED) is 0.482. The van der Waals surface area contributed by atoms with Crippen molar-refractivity contribution < 1.29 is 23.4 Å². The molecule has 0 saturated heterocycles. The highest BCUT2D eigenvalue weighted by molar-refractivity contribution is 5.89. The smallest absolute Gasteiger partial charge is 0.298 e. The topological polar surface area (TPSA) is 73.4 Å². The molecular weight excluding hydrogens is 363 g/mol. The number of halogens is 1. The molecule has 4 rings (SSSR count). The number of aromatic amines is 1. The molecule has 4 aromatic rings. The standard InChI is InChI=1S/C21H17FN2O4/c1-3-26-20-10-16-13(9-19(20)27-11-25)17(6-7-23-16)28-18-5-4-15-14(21(18)22)8-12(2)24-15/h4-11,24H,3H2,1-2H3. The van der Waals surface area contributed by atoms with E-state index < -0.39 is 5.82 Å². The Morgan fingerprint density at radius 3 is 2.71 bits per heavy atom. The highest BCUT2D eigenvalue weighted by atomic mass is 19.1. The van der Waals surface area contributed by atoms with Crippen LogP contribution in [0.2, 0.25) is 0 Å². The monoisotopic (exact) mass is 380 g/mol. The number of ether oxygens (including phenoxy) is 3. The van der Waals surface area contributed by atoms with E-state index >= 15 is 0 Å². The van der Waals surface area contributed by atoms with Crippen molar-refractivity contribution in [3.05, 3.63) is 54.1 Å². The van der Waals surface area contributed by atoms with E-state index in [1.54, 1.807) is 42.6 Å². The Morgan fingerprint density at radius 1 is 1.07 bits per heavy atom. The van der Waals surface area contributed by atoms with Crippen LogP contribution in [0.1, 0.15) is 12.6 Å². The third-order valence-electron chi connectivity index (χ3n) is 4.30. The number of H-pyrrole nitrogens is 1. The van der Waals surface area contributed by atoms with Gasteiger partial charge < -0.3 is 19.2 Å². The summed E-state index contributed by atoms with van der Waals surface area (Å²) in [4.78, 5) is 18.2. The van der Waals surface area contributed by atoms with Crippen LogP contribution in [-0.2, 0) is 4.79 Å². The maximum absolute atomic E-state index is 14.9. The fraction of sp³-hybridized carbons (Fsp3) is 0.143. The van der Waals surface area contributed by atoms with Crippen LogP contribution >= 0.6 is 0 Å². The van der Waals surface area contributed by atoms with E-state index in [2.05, 4.69) is 9.97 Å². The SMILES string of the molecule is CCOc1cc2nccc(Oc3ccc4[nH]c(C)cc4c3F)c2cc1OC=O. The largest absolute Gasteiger partial charge is 0.490 e. The van der Waals surface area contributed by atoms with Crippen molar-refractivity contribution in [3.8, 4) is 23.0 Å². The number of carbonyl (C=O) groups excluding carboxylic acids is 1. The first-order chi connectivity index (χ1) is 13.6. The van der Waals surface area contributed by atoms with Gasteiger partial charge >= 0.3 is 0 Å². The number of pyridine rings is 1. The third-order valence-corrected chi connectivity index (χ3v) is 4.30. The molecular formula is C21H17FN2O4. The summed E-state index contributed by atoms with van der Waals surface area (Å²) in [6, 6.07) is 9.93. The molecule has 0 spiro atoms. The number of aryl methyl sites for hydroxylation is 1. The van der Waals surface area contributed by atoms with Gasteiger partial charge in [0, 0.05) is 34.2 Å². The van der Waals surface area contributed by atoms with Crippen molar-refractivity contribution in [2.24, 2.45) is 0 Å². The van der Waals surface area contributed by atoms with Crippen LogP contribution in [0.3, 0.4) is 0 Å². The normalized spacial score (nSPS) is 11.0. The molecule has 2 aromatic heterocycles. The van der Waals surface area contributed by atoms with Crippen molar-refractivity contribution in [2.45, 2.75) is 13.8 Å². The highest BCUT2D eigenvalue weighted by Gasteiger charge is 2.15. The highest BCUT2D eigenvalue weighted by Crippen LogP contribution is 2.38. The van der Waals surface area contributed by atoms with Crippen LogP contribution in [0.5, 0.6) is 23.0 Å². The van der Waals surface area contributed by atoms with Crippen LogP contribution < -0.4 is 14.2 Å². The predicted octanol–water partition coefficient (Wildman–Crippen LogP) is 4.89. The summed E-state index contributed by atoms with van der Waals surface area (Å²) in [5.41, 5.74) is 2.13. The molecule has 0 aliphatic carbocycles. The van der Waals surface area contributed by atoms with E-state index in [0.29, 0.717) is 46.4 Å². The summed E-state index contributed by atoms with van der Waals surface area (Å²) in [5, 5.41) is 1.02. The average Bonchev–Trinajstić information content (AvgIpc) is 3.07. The van der Waals surface area contributed by atoms with Gasteiger partial charge in [0.25, 0.3) is 6.47 Å². The maximum Gasteiger partial charge on any atom is 0.298 e. The van der Waals surface area contributed by atoms with Crippen LogP contribution in [0, 0.1) is 12.7 Å². The Kier molecular flexibility index (Phi) is 4.57. The lowest BCUT2D eigenvalue weighted by Crippen LogP contribution is -1.98. The number of fused-ring (bicyclic) bond motifs is 2. The number of hydrogen-bond donors (Lipinski definition) is 1. The lowest BCUT2D eigenvalue weighted by Gasteiger charge is -2.13. The molecule has 28 heavy (non-hydrogen) atoms. The minimum Gasteiger partial charge on any atom is -0.490 e. The Hall–Kier alpha value is -3.61. The molecule has 2 heterocycles. The minimum atomic E-state index is -0.456. The van der Waals surface area contributed by atoms with Gasteiger partial charge in [0.15, 0.2) is 23.1 Å². The second kappa shape index (κ2) is 7.19. The molecule has 7 heteroatoms. The van der Waals surface area contributed by atoms with Gasteiger partial charge in [-0.05, 0) is 44.2 Å². The van der Waals surface area contributed by atoms with E-state index in [1.165, 1.54) is 0 Å². The predicted molar refractivity (Wildman–Crippen MR) is 103 cm³/mol. The number of nitrogens with zero attached hydrogens (tertiary/aromatic N) is 1. The van der Waals surface area contributed by atoms with E-state index in [1.807, 2.05) is 13.8 Å². The van der Waals surface area contributed by atoms with Gasteiger partial charge in [-0.15, -0.1) is 0 Å². The van der Waals surface area contributed by atoms with Crippen LogP contribution in [-0.4, -0.2) is 23.0 Å². The summed E-state index contributed by atoms with van der Waals surface area (Å²) < 4.78 is 31.3. The average molecular weight is 380 g/mol. The summed E-state index contributed by atoms with van der Waals surface area (Å²) in [6.07, 6.45) is 1.56. The first-order valence-electron chi connectivity index (χ1n) is 8.72. The Labute approximate surface area is 159 Å². The summed E-state index contributed by atoms with van der Waals surface area (Å²) in [7, 11) is 0. The van der Waals surface area contributed by atoms with Crippen molar-refractivity contribution in [3.63, 3.8) is 0 Å². The molecule has 0 unspecified atom stereocenters. The Balaban J connectivity index is 1.81.